The van der Waals surface area contributed by atoms with Crippen LogP contribution in [0.2, 0.25) is 0 Å². The van der Waals surface area contributed by atoms with Crippen molar-refractivity contribution < 1.29 is 0 Å². The maximum atomic E-state index is 5.59. The van der Waals surface area contributed by atoms with Crippen LogP contribution in [-0.4, -0.2) is 6.04 Å². The maximum Gasteiger partial charge on any atom is 0.0447 e. The summed E-state index contributed by atoms with van der Waals surface area (Å²) in [7, 11) is 0. The summed E-state index contributed by atoms with van der Waals surface area (Å²) in [6.07, 6.45) is 2.58. The predicted molar refractivity (Wildman–Crippen MR) is 57.0 cm³/mol. The summed E-state index contributed by atoms with van der Waals surface area (Å²) < 4.78 is 0. The molecule has 0 aromatic rings. The van der Waals surface area contributed by atoms with Gasteiger partial charge < -0.3 is 0 Å². The molecular weight excluding hydrogens is 160 g/mol. The average molecular weight is 182 g/mol. The predicted octanol–water partition coefficient (Wildman–Crippen LogP) is 2.22. The lowest BCUT2D eigenvalue weighted by atomic mass is 9.88. The van der Waals surface area contributed by atoms with Gasteiger partial charge in [-0.1, -0.05) is 33.3 Å². The average Bonchev–Trinajstić information content (AvgIpc) is 2.80. The van der Waals surface area contributed by atoms with Gasteiger partial charge in [-0.05, 0) is 30.3 Å². The Balaban J connectivity index is 2.80. The Hall–Kier alpha value is -0.340. The molecule has 0 radical (unpaired) electrons. The van der Waals surface area contributed by atoms with Crippen molar-refractivity contribution in [1.82, 2.24) is 5.43 Å². The number of hydrogen-bond acceptors (Lipinski definition) is 2. The highest BCUT2D eigenvalue weighted by molar-refractivity contribution is 5.30. The Morgan fingerprint density at radius 2 is 1.77 bits per heavy atom. The number of rotatable bonds is 4. The van der Waals surface area contributed by atoms with E-state index in [4.69, 9.17) is 5.84 Å². The van der Waals surface area contributed by atoms with Gasteiger partial charge in [0.25, 0.3) is 0 Å². The number of nitrogens with one attached hydrogen (secondary N) is 1. The first-order chi connectivity index (χ1) is 6.07. The molecule has 0 spiro atoms. The lowest BCUT2D eigenvalue weighted by molar-refractivity contribution is 0.426. The number of hydrazine groups is 1. The zero-order valence-corrected chi connectivity index (χ0v) is 9.22. The van der Waals surface area contributed by atoms with Gasteiger partial charge in [-0.25, -0.2) is 0 Å². The summed E-state index contributed by atoms with van der Waals surface area (Å²) >= 11 is 0. The molecule has 2 nitrogen and oxygen atoms in total. The molecule has 1 aliphatic carbocycles. The minimum atomic E-state index is 0.373. The summed E-state index contributed by atoms with van der Waals surface area (Å²) in [5.41, 5.74) is 6.13. The van der Waals surface area contributed by atoms with Crippen LogP contribution in [0.25, 0.3) is 0 Å². The number of nitrogens with two attached hydrogens (primary N) is 1. The molecule has 1 atom stereocenters. The van der Waals surface area contributed by atoms with Crippen LogP contribution in [0.5, 0.6) is 0 Å². The third kappa shape index (κ3) is 2.55. The minimum absolute atomic E-state index is 0.373. The molecule has 76 valence electrons. The fourth-order valence-electron chi connectivity index (χ4n) is 1.98. The highest BCUT2D eigenvalue weighted by Gasteiger charge is 2.27. The molecule has 0 aromatic heterocycles. The second-order valence-corrected chi connectivity index (χ2v) is 4.60. The molecule has 1 rings (SSSR count). The normalized spacial score (nSPS) is 18.2. The Bertz CT molecular complexity index is 198. The van der Waals surface area contributed by atoms with Crippen molar-refractivity contribution in [2.75, 3.05) is 0 Å². The van der Waals surface area contributed by atoms with Crippen LogP contribution in [0.4, 0.5) is 0 Å². The quantitative estimate of drug-likeness (QED) is 0.397. The van der Waals surface area contributed by atoms with Crippen LogP contribution in [0.3, 0.4) is 0 Å². The summed E-state index contributed by atoms with van der Waals surface area (Å²) in [6, 6.07) is 0.373. The van der Waals surface area contributed by atoms with Gasteiger partial charge in [0.05, 0.1) is 0 Å². The summed E-state index contributed by atoms with van der Waals surface area (Å²) in [6.45, 7) is 8.95. The number of hydrogen-bond donors (Lipinski definition) is 2. The summed E-state index contributed by atoms with van der Waals surface area (Å²) in [5.74, 6) is 6.80. The molecule has 2 heteroatoms. The molecule has 0 aromatic carbocycles. The summed E-state index contributed by atoms with van der Waals surface area (Å²) in [5, 5.41) is 0. The first-order valence-corrected chi connectivity index (χ1v) is 5.25. The Morgan fingerprint density at radius 3 is 2.00 bits per heavy atom. The molecule has 0 unspecified atom stereocenters. The van der Waals surface area contributed by atoms with Gasteiger partial charge in [-0.15, -0.1) is 0 Å². The molecular formula is C11H22N2. The van der Waals surface area contributed by atoms with E-state index in [9.17, 15) is 0 Å². The second kappa shape index (κ2) is 4.25. The molecule has 0 bridgehead atoms. The smallest absolute Gasteiger partial charge is 0.0447 e. The minimum Gasteiger partial charge on any atom is -0.271 e. The highest BCUT2D eigenvalue weighted by Crippen LogP contribution is 2.37. The van der Waals surface area contributed by atoms with Gasteiger partial charge in [-0.2, -0.15) is 0 Å². The van der Waals surface area contributed by atoms with Crippen molar-refractivity contribution >= 4 is 0 Å². The van der Waals surface area contributed by atoms with Crippen LogP contribution in [0.15, 0.2) is 11.1 Å². The van der Waals surface area contributed by atoms with Crippen molar-refractivity contribution in [1.29, 1.82) is 0 Å². The molecule has 0 aliphatic heterocycles. The Labute approximate surface area is 81.6 Å². The third-order valence-electron chi connectivity index (χ3n) is 2.71. The van der Waals surface area contributed by atoms with Crippen LogP contribution in [0.1, 0.15) is 40.5 Å². The van der Waals surface area contributed by atoms with E-state index in [1.807, 2.05) is 0 Å². The van der Waals surface area contributed by atoms with Gasteiger partial charge >= 0.3 is 0 Å². The SMILES string of the molecule is CC(C)C(=C1CC1)[C@@H](NN)C(C)C. The first kappa shape index (κ1) is 10.7. The van der Waals surface area contributed by atoms with Crippen molar-refractivity contribution in [3.05, 3.63) is 11.1 Å². The van der Waals surface area contributed by atoms with Gasteiger partial charge in [0.15, 0.2) is 0 Å². The standard InChI is InChI=1S/C11H22N2/c1-7(2)10(9-5-6-9)11(13-12)8(3)4/h7-8,11,13H,5-6,12H2,1-4H3/t11-/m0/s1. The van der Waals surface area contributed by atoms with Gasteiger partial charge in [0.1, 0.15) is 0 Å². The van der Waals surface area contributed by atoms with Crippen molar-refractivity contribution in [2.45, 2.75) is 46.6 Å². The highest BCUT2D eigenvalue weighted by atomic mass is 15.2. The van der Waals surface area contributed by atoms with Gasteiger partial charge in [0, 0.05) is 6.04 Å². The van der Waals surface area contributed by atoms with Crippen molar-refractivity contribution in [3.63, 3.8) is 0 Å². The van der Waals surface area contributed by atoms with Crippen LogP contribution in [0, 0.1) is 11.8 Å². The largest absolute Gasteiger partial charge is 0.271 e. The second-order valence-electron chi connectivity index (χ2n) is 4.60. The van der Waals surface area contributed by atoms with E-state index in [-0.39, 0.29) is 0 Å². The van der Waals surface area contributed by atoms with Crippen molar-refractivity contribution in [2.24, 2.45) is 17.7 Å². The molecule has 0 heterocycles. The zero-order chi connectivity index (χ0) is 10.0. The van der Waals surface area contributed by atoms with Crippen molar-refractivity contribution in [3.8, 4) is 0 Å². The van der Waals surface area contributed by atoms with Crippen LogP contribution < -0.4 is 11.3 Å². The Morgan fingerprint density at radius 1 is 1.23 bits per heavy atom. The van der Waals surface area contributed by atoms with E-state index in [2.05, 4.69) is 33.1 Å². The maximum absolute atomic E-state index is 5.59. The lowest BCUT2D eigenvalue weighted by Crippen LogP contribution is -2.41. The molecule has 13 heavy (non-hydrogen) atoms. The molecule has 1 saturated carbocycles. The third-order valence-corrected chi connectivity index (χ3v) is 2.71. The van der Waals surface area contributed by atoms with Gasteiger partial charge in [0.2, 0.25) is 0 Å². The topological polar surface area (TPSA) is 38.0 Å². The molecule has 3 N–H and O–H groups in total. The fraction of sp³-hybridized carbons (Fsp3) is 0.818. The molecule has 1 fully saturated rings. The lowest BCUT2D eigenvalue weighted by Gasteiger charge is -2.26. The molecule has 1 aliphatic rings. The monoisotopic (exact) mass is 182 g/mol. The van der Waals surface area contributed by atoms with E-state index >= 15 is 0 Å². The van der Waals surface area contributed by atoms with Crippen LogP contribution >= 0.6 is 0 Å². The van der Waals surface area contributed by atoms with E-state index in [0.29, 0.717) is 17.9 Å². The van der Waals surface area contributed by atoms with E-state index in [0.717, 1.165) is 0 Å². The van der Waals surface area contributed by atoms with E-state index in [1.165, 1.54) is 12.8 Å². The fourth-order valence-corrected chi connectivity index (χ4v) is 1.98. The zero-order valence-electron chi connectivity index (χ0n) is 9.22. The van der Waals surface area contributed by atoms with E-state index in [1.54, 1.807) is 11.1 Å². The van der Waals surface area contributed by atoms with Crippen LogP contribution in [-0.2, 0) is 0 Å². The summed E-state index contributed by atoms with van der Waals surface area (Å²) in [4.78, 5) is 0. The first-order valence-electron chi connectivity index (χ1n) is 5.25. The van der Waals surface area contributed by atoms with E-state index < -0.39 is 0 Å². The van der Waals surface area contributed by atoms with Gasteiger partial charge in [-0.3, -0.25) is 11.3 Å². The number of allylic oxidation sites excluding steroid dienone is 1. The molecule has 0 amide bonds. The molecule has 0 saturated heterocycles. The Kier molecular flexibility index (Phi) is 3.51.